The third kappa shape index (κ3) is 6.11. The molecular weight excluding hydrogens is 626 g/mol. The summed E-state index contributed by atoms with van der Waals surface area (Å²) in [6.07, 6.45) is 1.76. The Morgan fingerprint density at radius 2 is 0.980 bits per heavy atom. The van der Waals surface area contributed by atoms with Gasteiger partial charge in [-0.05, 0) is 113 Å². The number of aryl methyl sites for hydroxylation is 3. The van der Waals surface area contributed by atoms with Crippen LogP contribution in [0.5, 0.6) is 17.2 Å². The topological polar surface area (TPSA) is 105 Å². The molecule has 0 radical (unpaired) electrons. The number of amides is 4. The van der Waals surface area contributed by atoms with Gasteiger partial charge < -0.3 is 15.3 Å². The van der Waals surface area contributed by atoms with Crippen LogP contribution in [0.15, 0.2) is 24.0 Å². The number of phenols is 3. The van der Waals surface area contributed by atoms with Crippen LogP contribution in [0.4, 0.5) is 9.59 Å². The highest BCUT2D eigenvalue weighted by Gasteiger charge is 2.44. The zero-order valence-corrected chi connectivity index (χ0v) is 32.4. The summed E-state index contributed by atoms with van der Waals surface area (Å²) in [5.74, 6) is 0.884. The average Bonchev–Trinajstić information content (AvgIpc) is 2.99. The third-order valence-electron chi connectivity index (χ3n) is 10.6. The Morgan fingerprint density at radius 1 is 0.580 bits per heavy atom. The number of nitrogens with zero attached hydrogens (tertiary/aromatic N) is 3. The lowest BCUT2D eigenvalue weighted by atomic mass is 9.81. The first kappa shape index (κ1) is 36.8. The molecule has 8 nitrogen and oxygen atoms in total. The summed E-state index contributed by atoms with van der Waals surface area (Å²) >= 11 is 0. The minimum atomic E-state index is -0.513. The Bertz CT molecular complexity index is 1970. The first-order chi connectivity index (χ1) is 22.9. The minimum Gasteiger partial charge on any atom is -0.507 e. The monoisotopic (exact) mass is 681 g/mol. The van der Waals surface area contributed by atoms with Crippen molar-refractivity contribution in [3.63, 3.8) is 0 Å². The van der Waals surface area contributed by atoms with E-state index in [4.69, 9.17) is 0 Å². The minimum absolute atomic E-state index is 0.0280. The summed E-state index contributed by atoms with van der Waals surface area (Å²) in [4.78, 5) is 33.7. The molecule has 2 aliphatic heterocycles. The second kappa shape index (κ2) is 12.1. The summed E-state index contributed by atoms with van der Waals surface area (Å²) in [5, 5.41) is 34.3. The summed E-state index contributed by atoms with van der Waals surface area (Å²) in [6.45, 7) is 28.3. The predicted molar refractivity (Wildman–Crippen MR) is 200 cm³/mol. The van der Waals surface area contributed by atoms with Gasteiger partial charge in [0, 0.05) is 11.1 Å². The van der Waals surface area contributed by atoms with Gasteiger partial charge in [-0.25, -0.2) is 14.5 Å². The van der Waals surface area contributed by atoms with Crippen LogP contribution in [-0.2, 0) is 35.9 Å². The molecule has 3 N–H and O–H groups in total. The molecule has 1 saturated heterocycles. The number of imide groups is 1. The van der Waals surface area contributed by atoms with Gasteiger partial charge in [-0.15, -0.1) is 0 Å². The molecule has 0 saturated carbocycles. The van der Waals surface area contributed by atoms with E-state index in [0.717, 1.165) is 44.5 Å². The molecule has 8 heteroatoms. The number of hydrogen-bond donors (Lipinski definition) is 3. The Kier molecular flexibility index (Phi) is 8.91. The number of aromatic hydroxyl groups is 3. The number of urea groups is 2. The Morgan fingerprint density at radius 3 is 1.42 bits per heavy atom. The Labute approximate surface area is 298 Å². The van der Waals surface area contributed by atoms with Crippen molar-refractivity contribution in [3.8, 4) is 17.2 Å². The SMILES string of the molecule is Cc1cc(C(C)(C)C)c(O)c(C)c1CN1C(=O)N(Cc2c(C)cc(C(C)(C)C)c(O)c2C)C2=Cc3c(O)c(C(C)(C)C)cc(C)c3CN2C1=O. The predicted octanol–water partition coefficient (Wildman–Crippen LogP) is 9.61. The number of carbonyl (C=O) groups excluding carboxylic acids is 2. The zero-order chi connectivity index (χ0) is 37.6. The molecular formula is C42H55N3O5. The zero-order valence-electron chi connectivity index (χ0n) is 32.4. The largest absolute Gasteiger partial charge is 0.507 e. The van der Waals surface area contributed by atoms with E-state index < -0.39 is 12.1 Å². The number of rotatable bonds is 4. The van der Waals surface area contributed by atoms with Crippen LogP contribution in [0.25, 0.3) is 6.08 Å². The number of fused-ring (bicyclic) bond motifs is 2. The van der Waals surface area contributed by atoms with Gasteiger partial charge in [-0.2, -0.15) is 0 Å². The van der Waals surface area contributed by atoms with Crippen molar-refractivity contribution in [3.05, 3.63) is 90.8 Å². The van der Waals surface area contributed by atoms with Crippen LogP contribution >= 0.6 is 0 Å². The number of phenolic OH excluding ortho intramolecular Hbond substituents is 3. The van der Waals surface area contributed by atoms with Gasteiger partial charge in [-0.1, -0.05) is 80.5 Å². The second-order valence-corrected chi connectivity index (χ2v) is 17.4. The second-order valence-electron chi connectivity index (χ2n) is 17.4. The van der Waals surface area contributed by atoms with E-state index in [1.165, 1.54) is 4.90 Å². The molecule has 0 aromatic heterocycles. The molecule has 1 fully saturated rings. The van der Waals surface area contributed by atoms with Crippen LogP contribution in [-0.4, -0.2) is 42.1 Å². The molecule has 0 bridgehead atoms. The molecule has 268 valence electrons. The fourth-order valence-electron chi connectivity index (χ4n) is 7.37. The van der Waals surface area contributed by atoms with E-state index >= 15 is 0 Å². The summed E-state index contributed by atoms with van der Waals surface area (Å²) in [6, 6.07) is 4.93. The Hall–Kier alpha value is -4.46. The number of carbonyl (C=O) groups is 2. The van der Waals surface area contributed by atoms with Crippen molar-refractivity contribution < 1.29 is 24.9 Å². The van der Waals surface area contributed by atoms with Crippen LogP contribution in [0, 0.1) is 34.6 Å². The van der Waals surface area contributed by atoms with Gasteiger partial charge in [0.25, 0.3) is 0 Å². The maximum absolute atomic E-state index is 14.7. The Balaban J connectivity index is 1.70. The standard InChI is InChI=1S/C42H55N3O5/c1-22-15-31(40(6,7)8)35(46)25(4)28(22)19-43-34-18-27-30(24(3)17-33(37(27)48)42(12,13)14)21-44(34)39(50)45(38(43)49)20-29-23(2)16-32(41(9,10)11)36(47)26(29)5/h15-18,46-48H,19-21H2,1-14H3. The first-order valence-corrected chi connectivity index (χ1v) is 17.5. The van der Waals surface area contributed by atoms with Crippen molar-refractivity contribution >= 4 is 18.1 Å². The van der Waals surface area contributed by atoms with Crippen molar-refractivity contribution in [2.24, 2.45) is 0 Å². The first-order valence-electron chi connectivity index (χ1n) is 17.5. The van der Waals surface area contributed by atoms with Crippen molar-refractivity contribution in [1.29, 1.82) is 0 Å². The molecule has 5 rings (SSSR count). The highest BCUT2D eigenvalue weighted by Crippen LogP contribution is 2.45. The molecule has 0 unspecified atom stereocenters. The quantitative estimate of drug-likeness (QED) is 0.254. The molecule has 4 amide bonds. The maximum Gasteiger partial charge on any atom is 0.334 e. The van der Waals surface area contributed by atoms with E-state index in [1.807, 2.05) is 94.4 Å². The molecule has 50 heavy (non-hydrogen) atoms. The number of benzene rings is 3. The molecule has 0 atom stereocenters. The lowest BCUT2D eigenvalue weighted by molar-refractivity contribution is 0.102. The van der Waals surface area contributed by atoms with Crippen LogP contribution in [0.1, 0.15) is 129 Å². The fourth-order valence-corrected chi connectivity index (χ4v) is 7.37. The highest BCUT2D eigenvalue weighted by molar-refractivity contribution is 5.99. The molecule has 3 aromatic rings. The van der Waals surface area contributed by atoms with E-state index in [2.05, 4.69) is 20.8 Å². The molecule has 2 aliphatic rings. The van der Waals surface area contributed by atoms with Gasteiger partial charge >= 0.3 is 12.1 Å². The summed E-state index contributed by atoms with van der Waals surface area (Å²) in [7, 11) is 0. The van der Waals surface area contributed by atoms with Gasteiger partial charge in [-0.3, -0.25) is 9.80 Å². The maximum atomic E-state index is 14.7. The molecule has 0 aliphatic carbocycles. The normalized spacial score (nSPS) is 15.4. The van der Waals surface area contributed by atoms with E-state index in [0.29, 0.717) is 28.1 Å². The summed E-state index contributed by atoms with van der Waals surface area (Å²) < 4.78 is 0. The van der Waals surface area contributed by atoms with E-state index in [-0.39, 0.29) is 53.1 Å². The van der Waals surface area contributed by atoms with E-state index in [9.17, 15) is 24.9 Å². The van der Waals surface area contributed by atoms with E-state index in [1.54, 1.807) is 15.9 Å². The van der Waals surface area contributed by atoms with Gasteiger partial charge in [0.15, 0.2) is 0 Å². The smallest absolute Gasteiger partial charge is 0.334 e. The van der Waals surface area contributed by atoms with Gasteiger partial charge in [0.05, 0.1) is 19.6 Å². The third-order valence-corrected chi connectivity index (χ3v) is 10.6. The fraction of sp³-hybridized carbons (Fsp3) is 0.476. The van der Waals surface area contributed by atoms with Crippen LogP contribution in [0.3, 0.4) is 0 Å². The summed E-state index contributed by atoms with van der Waals surface area (Å²) in [5.41, 5.74) is 8.49. The lowest BCUT2D eigenvalue weighted by Crippen LogP contribution is -2.59. The van der Waals surface area contributed by atoms with Gasteiger partial charge in [0.2, 0.25) is 0 Å². The van der Waals surface area contributed by atoms with Crippen LogP contribution < -0.4 is 0 Å². The molecule has 2 heterocycles. The van der Waals surface area contributed by atoms with Crippen molar-refractivity contribution in [2.45, 2.75) is 133 Å². The van der Waals surface area contributed by atoms with Crippen molar-refractivity contribution in [2.75, 3.05) is 0 Å². The van der Waals surface area contributed by atoms with Crippen LogP contribution in [0.2, 0.25) is 0 Å². The van der Waals surface area contributed by atoms with Crippen molar-refractivity contribution in [1.82, 2.24) is 14.7 Å². The molecule has 0 spiro atoms. The van der Waals surface area contributed by atoms with Gasteiger partial charge in [0.1, 0.15) is 23.1 Å². The number of hydrogen-bond acceptors (Lipinski definition) is 5. The molecule has 3 aromatic carbocycles. The lowest BCUT2D eigenvalue weighted by Gasteiger charge is -2.45. The highest BCUT2D eigenvalue weighted by atomic mass is 16.3. The average molecular weight is 682 g/mol.